The molecule has 0 amide bonds. The molecule has 1 atom stereocenters. The first kappa shape index (κ1) is 14.4. The highest BCUT2D eigenvalue weighted by molar-refractivity contribution is 7.91. The van der Waals surface area contributed by atoms with Gasteiger partial charge in [0.2, 0.25) is 0 Å². The molecular weight excluding hydrogens is 286 g/mol. The maximum Gasteiger partial charge on any atom is 0.151 e. The molecule has 0 saturated carbocycles. The lowest BCUT2D eigenvalue weighted by atomic mass is 10.1. The summed E-state index contributed by atoms with van der Waals surface area (Å²) in [5.41, 5.74) is 2.27. The Balaban J connectivity index is 1.62. The van der Waals surface area contributed by atoms with E-state index in [9.17, 15) is 8.42 Å². The van der Waals surface area contributed by atoms with Crippen LogP contribution in [0.15, 0.2) is 40.8 Å². The summed E-state index contributed by atoms with van der Waals surface area (Å²) < 4.78 is 28.6. The monoisotopic (exact) mass is 305 g/mol. The lowest BCUT2D eigenvalue weighted by molar-refractivity contribution is 0.464. The van der Waals surface area contributed by atoms with Crippen molar-refractivity contribution < 1.29 is 12.8 Å². The first-order valence-electron chi connectivity index (χ1n) is 7.11. The average molecular weight is 305 g/mol. The molecule has 1 aromatic heterocycles. The minimum atomic E-state index is -2.83. The van der Waals surface area contributed by atoms with Crippen molar-refractivity contribution >= 4 is 9.84 Å². The fourth-order valence-corrected chi connectivity index (χ4v) is 4.25. The molecule has 1 aromatic carbocycles. The average Bonchev–Trinajstić information content (AvgIpc) is 3.04. The lowest BCUT2D eigenvalue weighted by Gasteiger charge is -2.08. The quantitative estimate of drug-likeness (QED) is 0.943. The third-order valence-electron chi connectivity index (χ3n) is 3.80. The minimum Gasteiger partial charge on any atom is -0.460 e. The number of sulfone groups is 1. The topological polar surface area (TPSA) is 59.3 Å². The fraction of sp³-hybridized carbons (Fsp3) is 0.375. The smallest absolute Gasteiger partial charge is 0.151 e. The van der Waals surface area contributed by atoms with E-state index in [1.165, 1.54) is 5.56 Å². The van der Waals surface area contributed by atoms with Gasteiger partial charge in [-0.3, -0.25) is 0 Å². The predicted molar refractivity (Wildman–Crippen MR) is 82.8 cm³/mol. The molecule has 5 heteroatoms. The molecule has 4 nitrogen and oxygen atoms in total. The first-order chi connectivity index (χ1) is 10.0. The van der Waals surface area contributed by atoms with Crippen molar-refractivity contribution in [2.45, 2.75) is 25.9 Å². The predicted octanol–water partition coefficient (Wildman–Crippen LogP) is 2.53. The van der Waals surface area contributed by atoms with Crippen molar-refractivity contribution in [3.05, 3.63) is 47.7 Å². The van der Waals surface area contributed by atoms with E-state index in [0.29, 0.717) is 13.0 Å². The minimum absolute atomic E-state index is 0.0444. The van der Waals surface area contributed by atoms with Crippen LogP contribution in [0.4, 0.5) is 0 Å². The van der Waals surface area contributed by atoms with Gasteiger partial charge in [0.1, 0.15) is 11.5 Å². The zero-order valence-electron chi connectivity index (χ0n) is 12.0. The summed E-state index contributed by atoms with van der Waals surface area (Å²) in [7, 11) is -2.83. The third kappa shape index (κ3) is 3.54. The van der Waals surface area contributed by atoms with Crippen LogP contribution in [0.5, 0.6) is 0 Å². The van der Waals surface area contributed by atoms with Gasteiger partial charge in [-0.05, 0) is 25.5 Å². The second kappa shape index (κ2) is 5.66. The van der Waals surface area contributed by atoms with Gasteiger partial charge in [0.05, 0.1) is 18.1 Å². The van der Waals surface area contributed by atoms with E-state index in [1.54, 1.807) is 0 Å². The van der Waals surface area contributed by atoms with Crippen LogP contribution in [0.2, 0.25) is 0 Å². The Morgan fingerprint density at radius 2 is 1.95 bits per heavy atom. The molecule has 0 bridgehead atoms. The summed E-state index contributed by atoms with van der Waals surface area (Å²) in [5.74, 6) is 2.19. The Bertz CT molecular complexity index is 716. The Hall–Kier alpha value is -1.59. The van der Waals surface area contributed by atoms with Gasteiger partial charge in [-0.2, -0.15) is 0 Å². The lowest BCUT2D eigenvalue weighted by Crippen LogP contribution is -2.29. The molecule has 112 valence electrons. The molecule has 0 spiro atoms. The molecule has 1 N–H and O–H groups in total. The van der Waals surface area contributed by atoms with E-state index in [2.05, 4.69) is 24.4 Å². The van der Waals surface area contributed by atoms with Gasteiger partial charge >= 0.3 is 0 Å². The second-order valence-corrected chi connectivity index (χ2v) is 7.84. The number of rotatable bonds is 4. The highest BCUT2D eigenvalue weighted by atomic mass is 32.2. The van der Waals surface area contributed by atoms with Gasteiger partial charge in [-0.25, -0.2) is 8.42 Å². The van der Waals surface area contributed by atoms with E-state index in [-0.39, 0.29) is 17.5 Å². The maximum atomic E-state index is 11.4. The Kier molecular flexibility index (Phi) is 3.87. The zero-order valence-corrected chi connectivity index (χ0v) is 12.8. The van der Waals surface area contributed by atoms with Crippen LogP contribution in [0.1, 0.15) is 17.7 Å². The Morgan fingerprint density at radius 1 is 1.19 bits per heavy atom. The number of aryl methyl sites for hydroxylation is 1. The number of furan rings is 1. The van der Waals surface area contributed by atoms with Crippen LogP contribution in [0.3, 0.4) is 0 Å². The van der Waals surface area contributed by atoms with E-state index < -0.39 is 9.84 Å². The van der Waals surface area contributed by atoms with Gasteiger partial charge in [0.25, 0.3) is 0 Å². The van der Waals surface area contributed by atoms with Crippen molar-refractivity contribution in [1.82, 2.24) is 5.32 Å². The summed E-state index contributed by atoms with van der Waals surface area (Å²) in [6, 6.07) is 12.1. The van der Waals surface area contributed by atoms with Crippen LogP contribution < -0.4 is 5.32 Å². The molecule has 1 aliphatic heterocycles. The van der Waals surface area contributed by atoms with Crippen LogP contribution in [-0.2, 0) is 16.4 Å². The van der Waals surface area contributed by atoms with E-state index >= 15 is 0 Å². The standard InChI is InChI=1S/C16H19NO3S/c1-12-2-4-13(5-3-12)16-7-6-15(20-16)10-17-14-8-9-21(18,19)11-14/h2-7,14,17H,8-11H2,1H3. The normalized spacial score (nSPS) is 20.7. The molecule has 21 heavy (non-hydrogen) atoms. The van der Waals surface area contributed by atoms with Gasteiger partial charge < -0.3 is 9.73 Å². The molecule has 1 unspecified atom stereocenters. The van der Waals surface area contributed by atoms with Crippen molar-refractivity contribution in [3.63, 3.8) is 0 Å². The summed E-state index contributed by atoms with van der Waals surface area (Å²) in [6.07, 6.45) is 0.688. The van der Waals surface area contributed by atoms with Crippen molar-refractivity contribution in [2.75, 3.05) is 11.5 Å². The number of benzene rings is 1. The fourth-order valence-electron chi connectivity index (χ4n) is 2.55. The number of hydrogen-bond donors (Lipinski definition) is 1. The third-order valence-corrected chi connectivity index (χ3v) is 5.56. The Morgan fingerprint density at radius 3 is 2.62 bits per heavy atom. The highest BCUT2D eigenvalue weighted by Crippen LogP contribution is 2.22. The molecule has 1 fully saturated rings. The van der Waals surface area contributed by atoms with E-state index in [4.69, 9.17) is 4.42 Å². The van der Waals surface area contributed by atoms with E-state index in [1.807, 2.05) is 24.3 Å². The summed E-state index contributed by atoms with van der Waals surface area (Å²) in [6.45, 7) is 2.61. The van der Waals surface area contributed by atoms with Crippen LogP contribution in [0.25, 0.3) is 11.3 Å². The van der Waals surface area contributed by atoms with Gasteiger partial charge in [-0.15, -0.1) is 0 Å². The van der Waals surface area contributed by atoms with Gasteiger partial charge in [0.15, 0.2) is 9.84 Å². The SMILES string of the molecule is Cc1ccc(-c2ccc(CNC3CCS(=O)(=O)C3)o2)cc1. The molecule has 2 aromatic rings. The Labute approximate surface area is 125 Å². The number of nitrogens with one attached hydrogen (secondary N) is 1. The summed E-state index contributed by atoms with van der Waals surface area (Å²) >= 11 is 0. The molecule has 1 aliphatic rings. The van der Waals surface area contributed by atoms with E-state index in [0.717, 1.165) is 17.1 Å². The van der Waals surface area contributed by atoms with Crippen molar-refractivity contribution in [2.24, 2.45) is 0 Å². The molecule has 0 aliphatic carbocycles. The van der Waals surface area contributed by atoms with Crippen LogP contribution in [0, 0.1) is 6.92 Å². The van der Waals surface area contributed by atoms with Crippen LogP contribution in [-0.4, -0.2) is 26.0 Å². The number of hydrogen-bond acceptors (Lipinski definition) is 4. The first-order valence-corrected chi connectivity index (χ1v) is 8.93. The van der Waals surface area contributed by atoms with Crippen molar-refractivity contribution in [3.8, 4) is 11.3 Å². The van der Waals surface area contributed by atoms with Gasteiger partial charge in [0, 0.05) is 11.6 Å². The summed E-state index contributed by atoms with van der Waals surface area (Å²) in [5, 5.41) is 3.25. The molecule has 0 radical (unpaired) electrons. The van der Waals surface area contributed by atoms with Crippen molar-refractivity contribution in [1.29, 1.82) is 0 Å². The molecular formula is C16H19NO3S. The molecule has 3 rings (SSSR count). The second-order valence-electron chi connectivity index (χ2n) is 5.61. The zero-order chi connectivity index (χ0) is 14.9. The highest BCUT2D eigenvalue weighted by Gasteiger charge is 2.27. The van der Waals surface area contributed by atoms with Crippen LogP contribution >= 0.6 is 0 Å². The molecule has 2 heterocycles. The molecule has 1 saturated heterocycles. The largest absolute Gasteiger partial charge is 0.460 e. The van der Waals surface area contributed by atoms with Gasteiger partial charge in [-0.1, -0.05) is 29.8 Å². The summed E-state index contributed by atoms with van der Waals surface area (Å²) in [4.78, 5) is 0. The maximum absolute atomic E-state index is 11.4.